The lowest BCUT2D eigenvalue weighted by atomic mass is 10.2. The molecule has 3 aromatic heterocycles. The number of rotatable bonds is 7. The molecule has 5 rings (SSSR count). The van der Waals surface area contributed by atoms with Gasteiger partial charge in [-0.15, -0.1) is 16.4 Å². The summed E-state index contributed by atoms with van der Waals surface area (Å²) in [7, 11) is 1.58. The summed E-state index contributed by atoms with van der Waals surface area (Å²) in [6, 6.07) is 9.09. The van der Waals surface area contributed by atoms with Crippen LogP contribution < -0.4 is 21.3 Å². The molecule has 11 heteroatoms. The molecule has 4 heterocycles. The molecule has 1 fully saturated rings. The molecule has 33 heavy (non-hydrogen) atoms. The highest BCUT2D eigenvalue weighted by molar-refractivity contribution is 7.17. The Hall–Kier alpha value is -3.44. The second-order valence-corrected chi connectivity index (χ2v) is 8.81. The molecule has 1 aliphatic heterocycles. The first-order valence-electron chi connectivity index (χ1n) is 10.7. The lowest BCUT2D eigenvalue weighted by Crippen LogP contribution is -2.32. The molecule has 1 atom stereocenters. The first kappa shape index (κ1) is 21.4. The monoisotopic (exact) mass is 469 g/mol. The van der Waals surface area contributed by atoms with Gasteiger partial charge in [0.2, 0.25) is 11.7 Å². The van der Waals surface area contributed by atoms with Crippen molar-refractivity contribution in [3.05, 3.63) is 62.1 Å². The Kier molecular flexibility index (Phi) is 5.73. The van der Waals surface area contributed by atoms with Gasteiger partial charge in [-0.2, -0.15) is 0 Å². The third-order valence-corrected chi connectivity index (χ3v) is 6.61. The van der Waals surface area contributed by atoms with Gasteiger partial charge in [0.15, 0.2) is 0 Å². The minimum absolute atomic E-state index is 0.102. The van der Waals surface area contributed by atoms with E-state index < -0.39 is 5.69 Å². The Morgan fingerprint density at radius 1 is 1.33 bits per heavy atom. The van der Waals surface area contributed by atoms with Crippen molar-refractivity contribution in [1.29, 1.82) is 0 Å². The fourth-order valence-corrected chi connectivity index (χ4v) is 4.89. The summed E-state index contributed by atoms with van der Waals surface area (Å²) >= 11 is 1.28. The third-order valence-electron chi connectivity index (χ3n) is 5.72. The molecule has 1 aromatic carbocycles. The molecule has 1 saturated heterocycles. The van der Waals surface area contributed by atoms with E-state index in [1.807, 2.05) is 24.3 Å². The molecule has 4 aromatic rings. The largest absolute Gasteiger partial charge is 0.497 e. The van der Waals surface area contributed by atoms with Gasteiger partial charge in [0.05, 0.1) is 25.3 Å². The van der Waals surface area contributed by atoms with Gasteiger partial charge in [-0.05, 0) is 42.0 Å². The smallest absolute Gasteiger partial charge is 0.352 e. The molecule has 0 bridgehead atoms. The van der Waals surface area contributed by atoms with Crippen LogP contribution >= 0.6 is 11.3 Å². The first-order chi connectivity index (χ1) is 16.0. The van der Waals surface area contributed by atoms with E-state index in [0.29, 0.717) is 29.1 Å². The van der Waals surface area contributed by atoms with Crippen molar-refractivity contribution < 1.29 is 14.3 Å². The summed E-state index contributed by atoms with van der Waals surface area (Å²) in [4.78, 5) is 38.8. The molecule has 1 amide bonds. The maximum absolute atomic E-state index is 13.2. The highest BCUT2D eigenvalue weighted by atomic mass is 32.1. The topological polar surface area (TPSA) is 109 Å². The first-order valence-corrected chi connectivity index (χ1v) is 11.5. The van der Waals surface area contributed by atoms with Gasteiger partial charge >= 0.3 is 5.69 Å². The Morgan fingerprint density at radius 3 is 3.00 bits per heavy atom. The van der Waals surface area contributed by atoms with Crippen molar-refractivity contribution in [3.63, 3.8) is 0 Å². The molecule has 1 unspecified atom stereocenters. The SMILES string of the molecule is COc1cccc(CNC(=O)Cn2nc3n(CC4CCCO4)c(=O)c4sccc4n3c2=O)c1. The zero-order valence-corrected chi connectivity index (χ0v) is 18.8. The number of carbonyl (C=O) groups excluding carboxylic acids is 1. The summed E-state index contributed by atoms with van der Waals surface area (Å²) in [6.07, 6.45) is 1.68. The number of thiophene rings is 1. The number of aromatic nitrogens is 4. The number of ether oxygens (including phenoxy) is 2. The van der Waals surface area contributed by atoms with E-state index in [1.165, 1.54) is 20.3 Å². The maximum Gasteiger partial charge on any atom is 0.352 e. The lowest BCUT2D eigenvalue weighted by Gasteiger charge is -2.12. The van der Waals surface area contributed by atoms with Crippen LogP contribution in [0.25, 0.3) is 16.0 Å². The van der Waals surface area contributed by atoms with E-state index in [4.69, 9.17) is 9.47 Å². The number of carbonyl (C=O) groups is 1. The predicted molar refractivity (Wildman–Crippen MR) is 123 cm³/mol. The number of nitrogens with zero attached hydrogens (tertiary/aromatic N) is 4. The van der Waals surface area contributed by atoms with E-state index >= 15 is 0 Å². The summed E-state index contributed by atoms with van der Waals surface area (Å²) in [5.41, 5.74) is 0.695. The quantitative estimate of drug-likeness (QED) is 0.438. The molecule has 0 radical (unpaired) electrons. The number of benzene rings is 1. The second kappa shape index (κ2) is 8.83. The van der Waals surface area contributed by atoms with Crippen LogP contribution in [0.2, 0.25) is 0 Å². The van der Waals surface area contributed by atoms with E-state index in [0.717, 1.165) is 23.1 Å². The van der Waals surface area contributed by atoms with Gasteiger partial charge in [-0.3, -0.25) is 14.2 Å². The van der Waals surface area contributed by atoms with E-state index in [2.05, 4.69) is 10.4 Å². The van der Waals surface area contributed by atoms with Gasteiger partial charge in [0.1, 0.15) is 17.0 Å². The van der Waals surface area contributed by atoms with Gasteiger partial charge in [-0.1, -0.05) is 12.1 Å². The molecule has 0 saturated carbocycles. The fourth-order valence-electron chi connectivity index (χ4n) is 4.07. The zero-order valence-electron chi connectivity index (χ0n) is 18.0. The van der Waals surface area contributed by atoms with Crippen LogP contribution in [0, 0.1) is 0 Å². The number of nitrogens with one attached hydrogen (secondary N) is 1. The third kappa shape index (κ3) is 4.05. The van der Waals surface area contributed by atoms with Gasteiger partial charge in [0.25, 0.3) is 5.56 Å². The van der Waals surface area contributed by atoms with Crippen molar-refractivity contribution in [2.45, 2.75) is 38.6 Å². The van der Waals surface area contributed by atoms with Crippen LogP contribution in [0.1, 0.15) is 18.4 Å². The molecule has 0 aliphatic carbocycles. The van der Waals surface area contributed by atoms with Gasteiger partial charge in [-0.25, -0.2) is 13.9 Å². The lowest BCUT2D eigenvalue weighted by molar-refractivity contribution is -0.122. The van der Waals surface area contributed by atoms with Crippen molar-refractivity contribution >= 4 is 33.2 Å². The van der Waals surface area contributed by atoms with E-state index in [1.54, 1.807) is 18.6 Å². The molecule has 0 spiro atoms. The standard InChI is InChI=1S/C22H23N5O5S/c1-31-15-5-2-4-14(10-15)11-23-18(28)13-26-22(30)27-17-7-9-33-19(17)20(29)25(21(27)24-26)12-16-6-3-8-32-16/h2,4-5,7,9-10,16H,3,6,8,11-13H2,1H3,(H,23,28). The van der Waals surface area contributed by atoms with Crippen LogP contribution in [0.15, 0.2) is 45.3 Å². The fraction of sp³-hybridized carbons (Fsp3) is 0.364. The van der Waals surface area contributed by atoms with Gasteiger partial charge < -0.3 is 14.8 Å². The molecule has 1 aliphatic rings. The van der Waals surface area contributed by atoms with Crippen LogP contribution in [0.5, 0.6) is 5.75 Å². The molecule has 10 nitrogen and oxygen atoms in total. The van der Waals surface area contributed by atoms with Crippen molar-refractivity contribution in [3.8, 4) is 5.75 Å². The van der Waals surface area contributed by atoms with Crippen LogP contribution in [0.3, 0.4) is 0 Å². The highest BCUT2D eigenvalue weighted by Crippen LogP contribution is 2.19. The Balaban J connectivity index is 1.45. The second-order valence-electron chi connectivity index (χ2n) is 7.89. The normalized spacial score (nSPS) is 16.0. The Labute approximate surface area is 192 Å². The van der Waals surface area contributed by atoms with Crippen LogP contribution in [-0.4, -0.2) is 44.5 Å². The van der Waals surface area contributed by atoms with E-state index in [9.17, 15) is 14.4 Å². The summed E-state index contributed by atoms with van der Waals surface area (Å²) < 4.78 is 15.4. The number of methoxy groups -OCH3 is 1. The average molecular weight is 470 g/mol. The predicted octanol–water partition coefficient (Wildman–Crippen LogP) is 1.38. The van der Waals surface area contributed by atoms with Crippen molar-refractivity contribution in [2.75, 3.05) is 13.7 Å². The molecular weight excluding hydrogens is 446 g/mol. The van der Waals surface area contributed by atoms with Crippen LogP contribution in [0.4, 0.5) is 0 Å². The van der Waals surface area contributed by atoms with Crippen molar-refractivity contribution in [1.82, 2.24) is 24.1 Å². The average Bonchev–Trinajstić information content (AvgIpc) is 3.57. The summed E-state index contributed by atoms with van der Waals surface area (Å²) in [5, 5.41) is 8.93. The number of fused-ring (bicyclic) bond motifs is 3. The maximum atomic E-state index is 13.2. The van der Waals surface area contributed by atoms with Gasteiger partial charge in [0, 0.05) is 13.2 Å². The zero-order chi connectivity index (χ0) is 22.9. The number of hydrogen-bond donors (Lipinski definition) is 1. The van der Waals surface area contributed by atoms with Crippen LogP contribution in [-0.2, 0) is 29.2 Å². The minimum atomic E-state index is -0.467. The molecular formula is C22H23N5O5S. The highest BCUT2D eigenvalue weighted by Gasteiger charge is 2.23. The minimum Gasteiger partial charge on any atom is -0.497 e. The molecule has 172 valence electrons. The van der Waals surface area contributed by atoms with E-state index in [-0.39, 0.29) is 36.4 Å². The number of hydrogen-bond acceptors (Lipinski definition) is 7. The molecule has 1 N–H and O–H groups in total. The summed E-state index contributed by atoms with van der Waals surface area (Å²) in [5.74, 6) is 0.548. The number of amides is 1. The Morgan fingerprint density at radius 2 is 2.21 bits per heavy atom. The van der Waals surface area contributed by atoms with Crippen molar-refractivity contribution in [2.24, 2.45) is 0 Å². The Bertz CT molecular complexity index is 1440. The summed E-state index contributed by atoms with van der Waals surface area (Å²) in [6.45, 7) is 1.00.